The molecule has 132 valence electrons. The van der Waals surface area contributed by atoms with E-state index in [0.29, 0.717) is 11.4 Å². The van der Waals surface area contributed by atoms with Gasteiger partial charge in [0.2, 0.25) is 0 Å². The van der Waals surface area contributed by atoms with Gasteiger partial charge in [-0.1, -0.05) is 63.9 Å². The van der Waals surface area contributed by atoms with E-state index in [1.54, 1.807) is 18.2 Å². The Kier molecular flexibility index (Phi) is 10.6. The number of nitrogens with zero attached hydrogens (tertiary/aromatic N) is 1. The van der Waals surface area contributed by atoms with Gasteiger partial charge in [0.05, 0.1) is 12.1 Å². The maximum absolute atomic E-state index is 10.6. The van der Waals surface area contributed by atoms with E-state index in [2.05, 4.69) is 23.7 Å². The van der Waals surface area contributed by atoms with Gasteiger partial charge >= 0.3 is 5.97 Å². The number of hydrogen-bond donors (Lipinski definition) is 2. The minimum absolute atomic E-state index is 0.345. The highest BCUT2D eigenvalue weighted by atomic mass is 16.4. The predicted octanol–water partition coefficient (Wildman–Crippen LogP) is 4.47. The molecule has 0 fully saturated rings. The first-order valence-electron chi connectivity index (χ1n) is 8.99. The van der Waals surface area contributed by atoms with E-state index >= 15 is 0 Å². The fraction of sp³-hybridized carbons (Fsp3) is 0.600. The minimum atomic E-state index is -1.09. The Morgan fingerprint density at radius 1 is 1.12 bits per heavy atom. The van der Waals surface area contributed by atoms with Crippen LogP contribution in [0, 0.1) is 11.8 Å². The number of carboxylic acid groups (broad SMARTS) is 1. The van der Waals surface area contributed by atoms with Crippen molar-refractivity contribution in [2.75, 3.05) is 0 Å². The summed E-state index contributed by atoms with van der Waals surface area (Å²) in [5, 5.41) is 18.5. The fourth-order valence-electron chi connectivity index (χ4n) is 2.48. The Morgan fingerprint density at radius 2 is 1.79 bits per heavy atom. The molecule has 4 nitrogen and oxygen atoms in total. The van der Waals surface area contributed by atoms with Crippen LogP contribution in [0.1, 0.15) is 88.6 Å². The fourth-order valence-corrected chi connectivity index (χ4v) is 2.48. The number of carbonyl (C=O) groups is 1. The predicted molar refractivity (Wildman–Crippen MR) is 95.6 cm³/mol. The van der Waals surface area contributed by atoms with E-state index in [1.165, 1.54) is 44.9 Å². The molecule has 1 aromatic rings. The third-order valence-corrected chi connectivity index (χ3v) is 3.85. The van der Waals surface area contributed by atoms with Crippen molar-refractivity contribution in [3.8, 4) is 11.8 Å². The highest BCUT2D eigenvalue weighted by Gasteiger charge is 2.13. The number of unbranched alkanes of at least 4 members (excludes halogenated alkanes) is 8. The summed E-state index contributed by atoms with van der Waals surface area (Å²) in [5.41, 5.74) is 0.938. The van der Waals surface area contributed by atoms with Crippen molar-refractivity contribution in [3.05, 3.63) is 29.6 Å². The number of rotatable bonds is 11. The number of carboxylic acids is 1. The number of pyridine rings is 1. The van der Waals surface area contributed by atoms with Gasteiger partial charge in [-0.25, -0.2) is 4.98 Å². The quantitative estimate of drug-likeness (QED) is 0.463. The minimum Gasteiger partial charge on any atom is -0.481 e. The average molecular weight is 331 g/mol. The van der Waals surface area contributed by atoms with E-state index < -0.39 is 12.1 Å². The van der Waals surface area contributed by atoms with Gasteiger partial charge in [0.15, 0.2) is 0 Å². The molecule has 1 rings (SSSR count). The second kappa shape index (κ2) is 12.5. The zero-order chi connectivity index (χ0) is 17.6. The zero-order valence-corrected chi connectivity index (χ0v) is 14.6. The standard InChI is InChI=1S/C20H29NO3/c1-2-3-4-5-6-7-8-9-10-11-13-17-14-12-15-18(21-17)19(22)16-20(23)24/h12,14-15,19,22H,2-10,16H2,1H3,(H,23,24). The van der Waals surface area contributed by atoms with Crippen LogP contribution in [0.15, 0.2) is 18.2 Å². The summed E-state index contributed by atoms with van der Waals surface area (Å²) in [6.07, 6.45) is 9.66. The Labute approximate surface area is 145 Å². The van der Waals surface area contributed by atoms with Crippen molar-refractivity contribution in [1.82, 2.24) is 4.98 Å². The Bertz CT molecular complexity index is 545. The molecule has 24 heavy (non-hydrogen) atoms. The molecule has 0 aromatic carbocycles. The molecule has 0 saturated heterocycles. The summed E-state index contributed by atoms with van der Waals surface area (Å²) in [7, 11) is 0. The van der Waals surface area contributed by atoms with Crippen molar-refractivity contribution >= 4 is 5.97 Å². The van der Waals surface area contributed by atoms with E-state index in [1.807, 2.05) is 0 Å². The Morgan fingerprint density at radius 3 is 2.46 bits per heavy atom. The Balaban J connectivity index is 2.27. The van der Waals surface area contributed by atoms with Crippen LogP contribution in [0.3, 0.4) is 0 Å². The van der Waals surface area contributed by atoms with Crippen LogP contribution in [0.2, 0.25) is 0 Å². The summed E-state index contributed by atoms with van der Waals surface area (Å²) < 4.78 is 0. The van der Waals surface area contributed by atoms with Crippen molar-refractivity contribution in [1.29, 1.82) is 0 Å². The molecule has 4 heteroatoms. The molecule has 0 aliphatic heterocycles. The highest BCUT2D eigenvalue weighted by molar-refractivity contribution is 5.67. The first-order chi connectivity index (χ1) is 11.6. The van der Waals surface area contributed by atoms with Crippen molar-refractivity contribution in [2.45, 2.75) is 77.2 Å². The lowest BCUT2D eigenvalue weighted by Gasteiger charge is -2.06. The second-order valence-corrected chi connectivity index (χ2v) is 6.09. The third-order valence-electron chi connectivity index (χ3n) is 3.85. The molecule has 0 spiro atoms. The molecule has 0 aliphatic rings. The molecule has 0 amide bonds. The lowest BCUT2D eigenvalue weighted by Crippen LogP contribution is -2.07. The van der Waals surface area contributed by atoms with E-state index in [-0.39, 0.29) is 6.42 Å². The highest BCUT2D eigenvalue weighted by Crippen LogP contribution is 2.14. The summed E-state index contributed by atoms with van der Waals surface area (Å²) in [5.74, 6) is 5.06. The molecule has 1 atom stereocenters. The number of aliphatic hydroxyl groups excluding tert-OH is 1. The summed E-state index contributed by atoms with van der Waals surface area (Å²) >= 11 is 0. The number of hydrogen-bond acceptors (Lipinski definition) is 3. The van der Waals surface area contributed by atoms with E-state index in [0.717, 1.165) is 12.8 Å². The normalized spacial score (nSPS) is 11.6. The Hall–Kier alpha value is -1.86. The second-order valence-electron chi connectivity index (χ2n) is 6.09. The van der Waals surface area contributed by atoms with Crippen LogP contribution >= 0.6 is 0 Å². The largest absolute Gasteiger partial charge is 0.481 e. The molecule has 0 bridgehead atoms. The van der Waals surface area contributed by atoms with E-state index in [9.17, 15) is 9.90 Å². The molecule has 0 radical (unpaired) electrons. The molecule has 0 aliphatic carbocycles. The van der Waals surface area contributed by atoms with E-state index in [4.69, 9.17) is 5.11 Å². The summed E-state index contributed by atoms with van der Waals surface area (Å²) in [4.78, 5) is 14.8. The average Bonchev–Trinajstić information content (AvgIpc) is 2.56. The molecule has 1 unspecified atom stereocenters. The van der Waals surface area contributed by atoms with Crippen LogP contribution in [0.4, 0.5) is 0 Å². The molecule has 0 saturated carbocycles. The third kappa shape index (κ3) is 9.32. The molecule has 2 N–H and O–H groups in total. The topological polar surface area (TPSA) is 70.4 Å². The van der Waals surface area contributed by atoms with Gasteiger partial charge in [-0.2, -0.15) is 0 Å². The molecular formula is C20H29NO3. The smallest absolute Gasteiger partial charge is 0.306 e. The van der Waals surface area contributed by atoms with Gasteiger partial charge in [-0.05, 0) is 24.5 Å². The SMILES string of the molecule is CCCCCCCCCCC#Cc1cccc(C(O)CC(=O)O)n1. The van der Waals surface area contributed by atoms with Gasteiger partial charge in [0.25, 0.3) is 0 Å². The number of aliphatic carboxylic acids is 1. The van der Waals surface area contributed by atoms with Crippen LogP contribution < -0.4 is 0 Å². The van der Waals surface area contributed by atoms with Gasteiger partial charge < -0.3 is 10.2 Å². The summed E-state index contributed by atoms with van der Waals surface area (Å²) in [6.45, 7) is 2.23. The first-order valence-corrected chi connectivity index (χ1v) is 8.99. The maximum Gasteiger partial charge on any atom is 0.306 e. The monoisotopic (exact) mass is 331 g/mol. The number of aliphatic hydroxyl groups is 1. The van der Waals surface area contributed by atoms with Gasteiger partial charge in [0.1, 0.15) is 11.8 Å². The molecular weight excluding hydrogens is 302 g/mol. The lowest BCUT2D eigenvalue weighted by molar-refractivity contribution is -0.139. The summed E-state index contributed by atoms with van der Waals surface area (Å²) in [6, 6.07) is 5.14. The number of aromatic nitrogens is 1. The maximum atomic E-state index is 10.6. The lowest BCUT2D eigenvalue weighted by atomic mass is 10.1. The van der Waals surface area contributed by atoms with Crippen LogP contribution in [0.5, 0.6) is 0 Å². The van der Waals surface area contributed by atoms with Gasteiger partial charge in [-0.15, -0.1) is 0 Å². The van der Waals surface area contributed by atoms with Crippen LogP contribution in [-0.4, -0.2) is 21.2 Å². The zero-order valence-electron chi connectivity index (χ0n) is 14.6. The van der Waals surface area contributed by atoms with Crippen molar-refractivity contribution < 1.29 is 15.0 Å². The first kappa shape index (κ1) is 20.2. The van der Waals surface area contributed by atoms with Crippen molar-refractivity contribution in [3.63, 3.8) is 0 Å². The van der Waals surface area contributed by atoms with Gasteiger partial charge in [0, 0.05) is 6.42 Å². The van der Waals surface area contributed by atoms with Crippen LogP contribution in [0.25, 0.3) is 0 Å². The van der Waals surface area contributed by atoms with Crippen molar-refractivity contribution in [2.24, 2.45) is 0 Å². The molecule has 1 aromatic heterocycles. The van der Waals surface area contributed by atoms with Gasteiger partial charge in [-0.3, -0.25) is 4.79 Å². The van der Waals surface area contributed by atoms with Crippen LogP contribution in [-0.2, 0) is 4.79 Å². The molecule has 1 heterocycles.